The Morgan fingerprint density at radius 2 is 2.09 bits per heavy atom. The molecule has 0 radical (unpaired) electrons. The van der Waals surface area contributed by atoms with Crippen molar-refractivity contribution in [1.29, 1.82) is 0 Å². The molecule has 1 fully saturated rings. The molecule has 1 atom stereocenters. The van der Waals surface area contributed by atoms with Crippen LogP contribution in [0.4, 0.5) is 13.2 Å². The number of carbonyl (C=O) groups excluding carboxylic acids is 1. The maximum absolute atomic E-state index is 12.8. The molecule has 1 aromatic rings. The van der Waals surface area contributed by atoms with E-state index in [1.807, 2.05) is 0 Å². The number of halogens is 3. The lowest BCUT2D eigenvalue weighted by Crippen LogP contribution is -2.56. The average Bonchev–Trinajstić information content (AvgIpc) is 2.48. The first-order chi connectivity index (χ1) is 10.7. The summed E-state index contributed by atoms with van der Waals surface area (Å²) in [5.41, 5.74) is -1.08. The van der Waals surface area contributed by atoms with Gasteiger partial charge < -0.3 is 5.32 Å². The molecule has 0 bridgehead atoms. The molecule has 1 saturated heterocycles. The number of benzene rings is 1. The van der Waals surface area contributed by atoms with E-state index in [9.17, 15) is 26.4 Å². The van der Waals surface area contributed by atoms with E-state index in [4.69, 9.17) is 6.42 Å². The first-order valence-electron chi connectivity index (χ1n) is 6.58. The van der Waals surface area contributed by atoms with Crippen molar-refractivity contribution in [1.82, 2.24) is 9.62 Å². The lowest BCUT2D eigenvalue weighted by molar-refractivity contribution is -0.137. The van der Waals surface area contributed by atoms with Crippen LogP contribution in [0.2, 0.25) is 0 Å². The molecule has 0 aromatic heterocycles. The number of hydrogen-bond acceptors (Lipinski definition) is 3. The van der Waals surface area contributed by atoms with Crippen LogP contribution < -0.4 is 5.32 Å². The van der Waals surface area contributed by atoms with Gasteiger partial charge in [0.05, 0.1) is 10.5 Å². The third-order valence-electron chi connectivity index (χ3n) is 3.36. The molecular formula is C14H13F3N2O3S. The van der Waals surface area contributed by atoms with Crippen LogP contribution in [-0.2, 0) is 21.0 Å². The van der Waals surface area contributed by atoms with Crippen LogP contribution in [0.25, 0.3) is 0 Å². The van der Waals surface area contributed by atoms with E-state index in [0.29, 0.717) is 6.07 Å². The zero-order chi connectivity index (χ0) is 17.3. The molecule has 124 valence electrons. The first-order valence-corrected chi connectivity index (χ1v) is 8.02. The van der Waals surface area contributed by atoms with Gasteiger partial charge in [-0.1, -0.05) is 6.07 Å². The number of nitrogens with one attached hydrogen (secondary N) is 1. The van der Waals surface area contributed by atoms with Crippen LogP contribution in [0.5, 0.6) is 0 Å². The minimum Gasteiger partial charge on any atom is -0.353 e. The number of alkyl halides is 3. The van der Waals surface area contributed by atoms with Crippen LogP contribution in [0.3, 0.4) is 0 Å². The number of hydrogen-bond donors (Lipinski definition) is 1. The minimum atomic E-state index is -4.66. The van der Waals surface area contributed by atoms with Gasteiger partial charge in [0.1, 0.15) is 6.04 Å². The van der Waals surface area contributed by atoms with Gasteiger partial charge in [-0.05, 0) is 18.2 Å². The molecule has 2 rings (SSSR count). The van der Waals surface area contributed by atoms with E-state index >= 15 is 0 Å². The molecule has 1 heterocycles. The van der Waals surface area contributed by atoms with E-state index in [1.54, 1.807) is 0 Å². The zero-order valence-corrected chi connectivity index (χ0v) is 12.6. The Morgan fingerprint density at radius 3 is 2.70 bits per heavy atom. The third-order valence-corrected chi connectivity index (χ3v) is 5.27. The van der Waals surface area contributed by atoms with E-state index < -0.39 is 38.6 Å². The van der Waals surface area contributed by atoms with E-state index in [2.05, 4.69) is 11.2 Å². The molecule has 1 amide bonds. The van der Waals surface area contributed by atoms with Gasteiger partial charge in [0, 0.05) is 19.5 Å². The lowest BCUT2D eigenvalue weighted by atomic mass is 10.1. The Kier molecular flexibility index (Phi) is 4.68. The van der Waals surface area contributed by atoms with Crippen molar-refractivity contribution >= 4 is 15.9 Å². The van der Waals surface area contributed by atoms with Crippen LogP contribution in [0.15, 0.2) is 29.2 Å². The molecule has 0 aliphatic carbocycles. The lowest BCUT2D eigenvalue weighted by Gasteiger charge is -2.33. The third kappa shape index (κ3) is 3.48. The zero-order valence-electron chi connectivity index (χ0n) is 11.8. The van der Waals surface area contributed by atoms with E-state index in [0.717, 1.165) is 22.5 Å². The molecule has 1 aliphatic rings. The molecule has 1 aromatic carbocycles. The summed E-state index contributed by atoms with van der Waals surface area (Å²) in [6.07, 6.45) is 0.320. The van der Waals surface area contributed by atoms with Gasteiger partial charge in [0.15, 0.2) is 0 Å². The quantitative estimate of drug-likeness (QED) is 0.837. The topological polar surface area (TPSA) is 66.5 Å². The average molecular weight is 346 g/mol. The van der Waals surface area contributed by atoms with Crippen molar-refractivity contribution < 1.29 is 26.4 Å². The highest BCUT2D eigenvalue weighted by Gasteiger charge is 2.39. The van der Waals surface area contributed by atoms with Crippen molar-refractivity contribution in [2.75, 3.05) is 13.1 Å². The van der Waals surface area contributed by atoms with Crippen molar-refractivity contribution in [2.24, 2.45) is 0 Å². The second kappa shape index (κ2) is 6.22. The number of nitrogens with zero attached hydrogens (tertiary/aromatic N) is 1. The predicted molar refractivity (Wildman–Crippen MR) is 75.6 cm³/mol. The summed E-state index contributed by atoms with van der Waals surface area (Å²) in [7, 11) is -4.27. The molecule has 23 heavy (non-hydrogen) atoms. The number of sulfonamides is 1. The van der Waals surface area contributed by atoms with E-state index in [1.165, 1.54) is 0 Å². The maximum atomic E-state index is 12.8. The van der Waals surface area contributed by atoms with Gasteiger partial charge in [-0.25, -0.2) is 8.42 Å². The second-order valence-corrected chi connectivity index (χ2v) is 6.75. The fourth-order valence-electron chi connectivity index (χ4n) is 2.26. The van der Waals surface area contributed by atoms with Crippen LogP contribution >= 0.6 is 0 Å². The fourth-order valence-corrected chi connectivity index (χ4v) is 3.89. The van der Waals surface area contributed by atoms with Crippen molar-refractivity contribution in [2.45, 2.75) is 23.5 Å². The van der Waals surface area contributed by atoms with Gasteiger partial charge in [0.2, 0.25) is 15.9 Å². The van der Waals surface area contributed by atoms with Crippen molar-refractivity contribution in [3.05, 3.63) is 29.8 Å². The number of piperazine rings is 1. The summed E-state index contributed by atoms with van der Waals surface area (Å²) >= 11 is 0. The molecule has 0 saturated carbocycles. The number of amides is 1. The van der Waals surface area contributed by atoms with Gasteiger partial charge in [-0.15, -0.1) is 12.3 Å². The summed E-state index contributed by atoms with van der Waals surface area (Å²) in [5.74, 6) is 1.65. The summed E-state index contributed by atoms with van der Waals surface area (Å²) in [6, 6.07) is 2.27. The van der Waals surface area contributed by atoms with Crippen molar-refractivity contribution in [3.8, 4) is 12.3 Å². The van der Waals surface area contributed by atoms with Gasteiger partial charge in [-0.2, -0.15) is 17.5 Å². The molecule has 9 heteroatoms. The molecular weight excluding hydrogens is 333 g/mol. The predicted octanol–water partition coefficient (Wildman–Crippen LogP) is 1.22. The highest BCUT2D eigenvalue weighted by Crippen LogP contribution is 2.31. The second-order valence-electron chi connectivity index (χ2n) is 4.86. The van der Waals surface area contributed by atoms with Gasteiger partial charge in [0.25, 0.3) is 0 Å². The van der Waals surface area contributed by atoms with E-state index in [-0.39, 0.29) is 19.5 Å². The SMILES string of the molecule is C#CC[C@@H]1C(=O)NCCN1S(=O)(=O)c1cccc(C(F)(F)F)c1. The molecule has 0 unspecified atom stereocenters. The summed E-state index contributed by atoms with van der Waals surface area (Å²) < 4.78 is 64.3. The Balaban J connectivity index is 2.45. The first kappa shape index (κ1) is 17.3. The maximum Gasteiger partial charge on any atom is 0.416 e. The normalized spacial score (nSPS) is 19.9. The Morgan fingerprint density at radius 1 is 1.39 bits per heavy atom. The minimum absolute atomic E-state index is 0.0589. The van der Waals surface area contributed by atoms with Crippen LogP contribution in [0, 0.1) is 12.3 Å². The molecule has 1 N–H and O–H groups in total. The van der Waals surface area contributed by atoms with Gasteiger partial charge in [-0.3, -0.25) is 4.79 Å². The Labute approximate surface area is 131 Å². The van der Waals surface area contributed by atoms with Crippen LogP contribution in [0.1, 0.15) is 12.0 Å². The monoisotopic (exact) mass is 346 g/mol. The Hall–Kier alpha value is -2.05. The van der Waals surface area contributed by atoms with Crippen LogP contribution in [-0.4, -0.2) is 37.8 Å². The fraction of sp³-hybridized carbons (Fsp3) is 0.357. The highest BCUT2D eigenvalue weighted by molar-refractivity contribution is 7.89. The summed E-state index contributed by atoms with van der Waals surface area (Å²) in [5, 5.41) is 2.49. The number of rotatable bonds is 3. The standard InChI is InChI=1S/C14H13F3N2O3S/c1-2-4-12-13(20)18-7-8-19(12)23(21,22)11-6-3-5-10(9-11)14(15,16)17/h1,3,5-6,9,12H,4,7-8H2,(H,18,20)/t12-/m1/s1. The molecule has 0 spiro atoms. The highest BCUT2D eigenvalue weighted by atomic mass is 32.2. The summed E-state index contributed by atoms with van der Waals surface area (Å²) in [6.45, 7) is 0.00869. The smallest absolute Gasteiger partial charge is 0.353 e. The molecule has 5 nitrogen and oxygen atoms in total. The Bertz CT molecular complexity index is 753. The van der Waals surface area contributed by atoms with Gasteiger partial charge >= 0.3 is 6.18 Å². The number of carbonyl (C=O) groups is 1. The molecule has 1 aliphatic heterocycles. The largest absolute Gasteiger partial charge is 0.416 e. The van der Waals surface area contributed by atoms with Crippen molar-refractivity contribution in [3.63, 3.8) is 0 Å². The summed E-state index contributed by atoms with van der Waals surface area (Å²) in [4.78, 5) is 11.3. The number of terminal acetylenes is 1.